The summed E-state index contributed by atoms with van der Waals surface area (Å²) in [5.74, 6) is 0.180. The summed E-state index contributed by atoms with van der Waals surface area (Å²) in [6.07, 6.45) is 1.56. The molecule has 2 N–H and O–H groups in total. The third-order valence-corrected chi connectivity index (χ3v) is 3.26. The highest BCUT2D eigenvalue weighted by molar-refractivity contribution is 6.44. The van der Waals surface area contributed by atoms with E-state index in [1.54, 1.807) is 12.3 Å². The average molecular weight is 282 g/mol. The number of ketones is 1. The number of aryl methyl sites for hydroxylation is 1. The number of fused-ring (bicyclic) bond motifs is 1. The summed E-state index contributed by atoms with van der Waals surface area (Å²) in [4.78, 5) is 27.1. The van der Waals surface area contributed by atoms with Gasteiger partial charge in [-0.05, 0) is 25.1 Å². The molecule has 0 aliphatic rings. The Hall–Kier alpha value is -2.82. The molecule has 0 aliphatic carbocycles. The van der Waals surface area contributed by atoms with Gasteiger partial charge in [0.25, 0.3) is 11.7 Å². The zero-order valence-corrected chi connectivity index (χ0v) is 11.5. The van der Waals surface area contributed by atoms with Crippen LogP contribution in [0.25, 0.3) is 10.9 Å². The Balaban J connectivity index is 1.74. The monoisotopic (exact) mass is 282 g/mol. The van der Waals surface area contributed by atoms with Crippen molar-refractivity contribution < 1.29 is 14.0 Å². The van der Waals surface area contributed by atoms with Gasteiger partial charge in [-0.15, -0.1) is 0 Å². The number of rotatable bonds is 4. The molecule has 0 atom stereocenters. The number of furan rings is 1. The van der Waals surface area contributed by atoms with Gasteiger partial charge in [0, 0.05) is 17.1 Å². The molecular formula is C16H14N2O3. The van der Waals surface area contributed by atoms with Crippen LogP contribution in [0.1, 0.15) is 21.9 Å². The van der Waals surface area contributed by atoms with Crippen LogP contribution in [-0.2, 0) is 11.3 Å². The number of para-hydroxylation sites is 1. The van der Waals surface area contributed by atoms with Crippen LogP contribution in [0, 0.1) is 6.92 Å². The highest BCUT2D eigenvalue weighted by atomic mass is 16.3. The average Bonchev–Trinajstić information content (AvgIpc) is 3.10. The first-order valence-corrected chi connectivity index (χ1v) is 6.59. The maximum Gasteiger partial charge on any atom is 0.292 e. The second-order valence-electron chi connectivity index (χ2n) is 4.77. The van der Waals surface area contributed by atoms with Crippen LogP contribution >= 0.6 is 0 Å². The van der Waals surface area contributed by atoms with E-state index in [4.69, 9.17) is 4.42 Å². The standard InChI is InChI=1S/C16H14N2O3/c1-10-6-7-11(21-10)8-18-16(20)15(19)13-9-17-14-5-3-2-4-12(13)14/h2-7,9,17H,8H2,1H3,(H,18,20). The zero-order chi connectivity index (χ0) is 14.8. The molecule has 0 bridgehead atoms. The van der Waals surface area contributed by atoms with E-state index < -0.39 is 11.7 Å². The lowest BCUT2D eigenvalue weighted by atomic mass is 10.1. The molecule has 106 valence electrons. The summed E-state index contributed by atoms with van der Waals surface area (Å²) in [5, 5.41) is 3.31. The van der Waals surface area contributed by atoms with Gasteiger partial charge >= 0.3 is 0 Å². The minimum atomic E-state index is -0.645. The summed E-state index contributed by atoms with van der Waals surface area (Å²) >= 11 is 0. The first kappa shape index (κ1) is 13.2. The number of amides is 1. The van der Waals surface area contributed by atoms with Gasteiger partial charge in [-0.3, -0.25) is 9.59 Å². The van der Waals surface area contributed by atoms with Crippen LogP contribution in [0.15, 0.2) is 47.0 Å². The highest BCUT2D eigenvalue weighted by Gasteiger charge is 2.19. The molecule has 0 aliphatic heterocycles. The van der Waals surface area contributed by atoms with Gasteiger partial charge in [-0.1, -0.05) is 18.2 Å². The zero-order valence-electron chi connectivity index (χ0n) is 11.5. The van der Waals surface area contributed by atoms with Crippen molar-refractivity contribution in [2.24, 2.45) is 0 Å². The second-order valence-corrected chi connectivity index (χ2v) is 4.77. The third-order valence-electron chi connectivity index (χ3n) is 3.26. The fraction of sp³-hybridized carbons (Fsp3) is 0.125. The van der Waals surface area contributed by atoms with Crippen molar-refractivity contribution in [2.75, 3.05) is 0 Å². The molecule has 5 nitrogen and oxygen atoms in total. The van der Waals surface area contributed by atoms with E-state index in [-0.39, 0.29) is 6.54 Å². The third kappa shape index (κ3) is 2.58. The normalized spacial score (nSPS) is 10.7. The van der Waals surface area contributed by atoms with Crippen molar-refractivity contribution in [3.63, 3.8) is 0 Å². The fourth-order valence-corrected chi connectivity index (χ4v) is 2.21. The first-order chi connectivity index (χ1) is 10.1. The summed E-state index contributed by atoms with van der Waals surface area (Å²) in [6.45, 7) is 2.02. The van der Waals surface area contributed by atoms with Crippen LogP contribution in [0.2, 0.25) is 0 Å². The molecule has 3 aromatic rings. The lowest BCUT2D eigenvalue weighted by Gasteiger charge is -2.02. The molecular weight excluding hydrogens is 268 g/mol. The van der Waals surface area contributed by atoms with Gasteiger partial charge in [0.05, 0.1) is 12.1 Å². The molecule has 0 saturated heterocycles. The molecule has 2 heterocycles. The summed E-state index contributed by atoms with van der Waals surface area (Å²) in [6, 6.07) is 10.9. The van der Waals surface area contributed by atoms with Gasteiger partial charge in [0.1, 0.15) is 11.5 Å². The summed E-state index contributed by atoms with van der Waals surface area (Å²) < 4.78 is 5.34. The lowest BCUT2D eigenvalue weighted by Crippen LogP contribution is -2.30. The van der Waals surface area contributed by atoms with Crippen LogP contribution in [0.4, 0.5) is 0 Å². The predicted molar refractivity (Wildman–Crippen MR) is 77.9 cm³/mol. The van der Waals surface area contributed by atoms with Crippen LogP contribution < -0.4 is 5.32 Å². The van der Waals surface area contributed by atoms with E-state index in [1.165, 1.54) is 0 Å². The van der Waals surface area contributed by atoms with Gasteiger partial charge in [0.2, 0.25) is 0 Å². The Morgan fingerprint density at radius 3 is 2.76 bits per heavy atom. The van der Waals surface area contributed by atoms with Gasteiger partial charge in [0.15, 0.2) is 0 Å². The highest BCUT2D eigenvalue weighted by Crippen LogP contribution is 2.18. The number of aromatic amines is 1. The van der Waals surface area contributed by atoms with E-state index in [9.17, 15) is 9.59 Å². The maximum absolute atomic E-state index is 12.2. The van der Waals surface area contributed by atoms with Gasteiger partial charge in [-0.2, -0.15) is 0 Å². The number of Topliss-reactive ketones (excluding diaryl/α,β-unsaturated/α-hetero) is 1. The van der Waals surface area contributed by atoms with Crippen molar-refractivity contribution in [3.8, 4) is 0 Å². The number of nitrogens with one attached hydrogen (secondary N) is 2. The minimum Gasteiger partial charge on any atom is -0.465 e. The largest absolute Gasteiger partial charge is 0.465 e. The number of aromatic nitrogens is 1. The number of H-pyrrole nitrogens is 1. The molecule has 2 aromatic heterocycles. The number of carbonyl (C=O) groups excluding carboxylic acids is 2. The number of hydrogen-bond acceptors (Lipinski definition) is 3. The van der Waals surface area contributed by atoms with Crippen molar-refractivity contribution >= 4 is 22.6 Å². The van der Waals surface area contributed by atoms with Crippen LogP contribution in [-0.4, -0.2) is 16.7 Å². The van der Waals surface area contributed by atoms with E-state index in [0.29, 0.717) is 11.3 Å². The van der Waals surface area contributed by atoms with Crippen molar-refractivity contribution in [2.45, 2.75) is 13.5 Å². The Bertz CT molecular complexity index is 814. The van der Waals surface area contributed by atoms with Crippen LogP contribution in [0.3, 0.4) is 0 Å². The molecule has 0 fully saturated rings. The van der Waals surface area contributed by atoms with Gasteiger partial charge in [-0.25, -0.2) is 0 Å². The summed E-state index contributed by atoms with van der Waals surface area (Å²) in [5.41, 5.74) is 1.20. The lowest BCUT2D eigenvalue weighted by molar-refractivity contribution is -0.117. The SMILES string of the molecule is Cc1ccc(CNC(=O)C(=O)c2c[nH]c3ccccc23)o1. The summed E-state index contributed by atoms with van der Waals surface area (Å²) in [7, 11) is 0. The number of benzene rings is 1. The van der Waals surface area contributed by atoms with E-state index in [1.807, 2.05) is 37.3 Å². The first-order valence-electron chi connectivity index (χ1n) is 6.59. The van der Waals surface area contributed by atoms with Crippen LogP contribution in [0.5, 0.6) is 0 Å². The Morgan fingerprint density at radius 2 is 2.00 bits per heavy atom. The number of carbonyl (C=O) groups is 2. The molecule has 1 amide bonds. The van der Waals surface area contributed by atoms with E-state index in [0.717, 1.165) is 16.7 Å². The van der Waals surface area contributed by atoms with Gasteiger partial charge < -0.3 is 14.7 Å². The van der Waals surface area contributed by atoms with Crippen molar-refractivity contribution in [1.29, 1.82) is 0 Å². The molecule has 21 heavy (non-hydrogen) atoms. The molecule has 0 spiro atoms. The Morgan fingerprint density at radius 1 is 1.19 bits per heavy atom. The molecule has 0 saturated carbocycles. The van der Waals surface area contributed by atoms with E-state index in [2.05, 4.69) is 10.3 Å². The Labute approximate surface area is 121 Å². The molecule has 0 radical (unpaired) electrons. The number of hydrogen-bond donors (Lipinski definition) is 2. The Kier molecular flexibility index (Phi) is 3.31. The molecule has 0 unspecified atom stereocenters. The minimum absolute atomic E-state index is 0.195. The second kappa shape index (κ2) is 5.28. The predicted octanol–water partition coefficient (Wildman–Crippen LogP) is 2.57. The fourth-order valence-electron chi connectivity index (χ4n) is 2.21. The quantitative estimate of drug-likeness (QED) is 0.570. The van der Waals surface area contributed by atoms with Crippen molar-refractivity contribution in [1.82, 2.24) is 10.3 Å². The smallest absolute Gasteiger partial charge is 0.292 e. The topological polar surface area (TPSA) is 75.1 Å². The molecule has 1 aromatic carbocycles. The maximum atomic E-state index is 12.2. The van der Waals surface area contributed by atoms with Crippen molar-refractivity contribution in [3.05, 3.63) is 59.7 Å². The molecule has 3 rings (SSSR count). The molecule has 5 heteroatoms. The van der Waals surface area contributed by atoms with E-state index >= 15 is 0 Å².